The van der Waals surface area contributed by atoms with Crippen molar-refractivity contribution in [1.29, 1.82) is 0 Å². The Hall–Kier alpha value is -0.370. The predicted molar refractivity (Wildman–Crippen MR) is 147 cm³/mol. The van der Waals surface area contributed by atoms with Crippen LogP contribution in [-0.4, -0.2) is 17.0 Å². The first kappa shape index (κ1) is 32.6. The fourth-order valence-electron chi connectivity index (χ4n) is 4.83. The topological polar surface area (TPSA) is 37.3 Å². The van der Waals surface area contributed by atoms with Crippen LogP contribution in [0.4, 0.5) is 0 Å². The van der Waals surface area contributed by atoms with Gasteiger partial charge in [0.15, 0.2) is 0 Å². The highest BCUT2D eigenvalue weighted by Crippen LogP contribution is 2.15. The number of rotatable bonds is 28. The van der Waals surface area contributed by atoms with Crippen molar-refractivity contribution in [2.45, 2.75) is 193 Å². The van der Waals surface area contributed by atoms with E-state index in [2.05, 4.69) is 13.8 Å². The van der Waals surface area contributed by atoms with Crippen molar-refractivity contribution in [2.24, 2.45) is 0 Å². The summed E-state index contributed by atoms with van der Waals surface area (Å²) in [6.45, 7) is 4.54. The number of aliphatic hydroxyl groups excluding tert-OH is 1. The molecule has 2 nitrogen and oxygen atoms in total. The third-order valence-corrected chi connectivity index (χ3v) is 7.19. The molecule has 0 aromatic carbocycles. The molecule has 0 aliphatic rings. The summed E-state index contributed by atoms with van der Waals surface area (Å²) in [4.78, 5) is 12.1. The van der Waals surface area contributed by atoms with Gasteiger partial charge < -0.3 is 5.11 Å². The Balaban J connectivity index is 3.25. The van der Waals surface area contributed by atoms with E-state index in [1.54, 1.807) is 0 Å². The first-order chi connectivity index (χ1) is 16.2. The van der Waals surface area contributed by atoms with Gasteiger partial charge in [-0.05, 0) is 25.7 Å². The Bertz CT molecular complexity index is 379. The van der Waals surface area contributed by atoms with E-state index in [-0.39, 0.29) is 6.10 Å². The monoisotopic (exact) mass is 466 g/mol. The number of Topliss-reactive ketones (excluding diaryl/α,β-unsaturated/α-hetero) is 1. The summed E-state index contributed by atoms with van der Waals surface area (Å²) in [5.41, 5.74) is 0. The highest BCUT2D eigenvalue weighted by molar-refractivity contribution is 5.78. The van der Waals surface area contributed by atoms with Gasteiger partial charge in [0.1, 0.15) is 5.78 Å². The molecule has 1 atom stereocenters. The SMILES string of the molecule is CCCCCCCCCCCCCCCC(=O)CCCCCC(O)CCCCCCCCC. The molecule has 0 rings (SSSR count). The van der Waals surface area contributed by atoms with Crippen LogP contribution in [0, 0.1) is 0 Å². The molecule has 0 fully saturated rings. The van der Waals surface area contributed by atoms with Crippen LogP contribution in [0.2, 0.25) is 0 Å². The third kappa shape index (κ3) is 27.8. The van der Waals surface area contributed by atoms with Crippen molar-refractivity contribution < 1.29 is 9.90 Å². The molecule has 0 bridgehead atoms. The van der Waals surface area contributed by atoms with E-state index in [1.165, 1.54) is 122 Å². The smallest absolute Gasteiger partial charge is 0.132 e. The van der Waals surface area contributed by atoms with Crippen molar-refractivity contribution in [2.75, 3.05) is 0 Å². The normalized spacial score (nSPS) is 12.3. The lowest BCUT2D eigenvalue weighted by molar-refractivity contribution is -0.119. The molecule has 0 saturated carbocycles. The van der Waals surface area contributed by atoms with Gasteiger partial charge in [0.05, 0.1) is 6.10 Å². The third-order valence-electron chi connectivity index (χ3n) is 7.19. The Morgan fingerprint density at radius 2 is 0.727 bits per heavy atom. The predicted octanol–water partition coefficient (Wildman–Crippen LogP) is 10.5. The van der Waals surface area contributed by atoms with Crippen LogP contribution in [0.5, 0.6) is 0 Å². The molecule has 33 heavy (non-hydrogen) atoms. The minimum Gasteiger partial charge on any atom is -0.393 e. The lowest BCUT2D eigenvalue weighted by Gasteiger charge is -2.10. The Morgan fingerprint density at radius 1 is 0.455 bits per heavy atom. The van der Waals surface area contributed by atoms with Gasteiger partial charge in [-0.2, -0.15) is 0 Å². The highest BCUT2D eigenvalue weighted by atomic mass is 16.3. The second kappa shape index (κ2) is 27.9. The number of hydrogen-bond donors (Lipinski definition) is 1. The molecule has 0 aromatic rings. The van der Waals surface area contributed by atoms with E-state index in [0.717, 1.165) is 51.4 Å². The van der Waals surface area contributed by atoms with Gasteiger partial charge in [-0.15, -0.1) is 0 Å². The Morgan fingerprint density at radius 3 is 1.09 bits per heavy atom. The van der Waals surface area contributed by atoms with Crippen molar-refractivity contribution in [1.82, 2.24) is 0 Å². The maximum Gasteiger partial charge on any atom is 0.132 e. The average molecular weight is 467 g/mol. The summed E-state index contributed by atoms with van der Waals surface area (Å²) in [7, 11) is 0. The maximum atomic E-state index is 12.1. The quantitative estimate of drug-likeness (QED) is 0.116. The van der Waals surface area contributed by atoms with Crippen molar-refractivity contribution in [3.05, 3.63) is 0 Å². The number of carbonyl (C=O) groups is 1. The molecule has 0 aliphatic carbocycles. The van der Waals surface area contributed by atoms with E-state index in [0.29, 0.717) is 5.78 Å². The molecule has 2 heteroatoms. The van der Waals surface area contributed by atoms with E-state index in [9.17, 15) is 9.90 Å². The Labute approximate surface area is 209 Å². The van der Waals surface area contributed by atoms with Crippen LogP contribution in [-0.2, 0) is 4.79 Å². The zero-order valence-electron chi connectivity index (χ0n) is 23.0. The standard InChI is InChI=1S/C31H62O2/c1-3-5-7-9-11-12-13-14-15-16-18-20-23-27-31(33)29-25-21-24-28-30(32)26-22-19-17-10-8-6-4-2/h30,32H,3-29H2,1-2H3. The fourth-order valence-corrected chi connectivity index (χ4v) is 4.83. The minimum atomic E-state index is -0.123. The van der Waals surface area contributed by atoms with E-state index >= 15 is 0 Å². The molecular weight excluding hydrogens is 404 g/mol. The van der Waals surface area contributed by atoms with E-state index in [4.69, 9.17) is 0 Å². The Kier molecular flexibility index (Phi) is 27.6. The number of unbranched alkanes of at least 4 members (excludes halogenated alkanes) is 20. The molecule has 0 spiro atoms. The van der Waals surface area contributed by atoms with Crippen molar-refractivity contribution >= 4 is 5.78 Å². The molecule has 198 valence electrons. The summed E-state index contributed by atoms with van der Waals surface area (Å²) in [5.74, 6) is 0.460. The van der Waals surface area contributed by atoms with Crippen LogP contribution in [0.25, 0.3) is 0 Å². The second-order valence-corrected chi connectivity index (χ2v) is 10.7. The van der Waals surface area contributed by atoms with Crippen LogP contribution in [0.15, 0.2) is 0 Å². The average Bonchev–Trinajstić information content (AvgIpc) is 2.81. The van der Waals surface area contributed by atoms with Gasteiger partial charge in [0.2, 0.25) is 0 Å². The number of carbonyl (C=O) groups excluding carboxylic acids is 1. The maximum absolute atomic E-state index is 12.1. The summed E-state index contributed by atoms with van der Waals surface area (Å²) in [5, 5.41) is 10.1. The zero-order valence-corrected chi connectivity index (χ0v) is 23.0. The second-order valence-electron chi connectivity index (χ2n) is 10.7. The van der Waals surface area contributed by atoms with Gasteiger partial charge in [-0.3, -0.25) is 4.79 Å². The molecule has 0 heterocycles. The largest absolute Gasteiger partial charge is 0.393 e. The van der Waals surface area contributed by atoms with E-state index in [1.807, 2.05) is 0 Å². The van der Waals surface area contributed by atoms with Gasteiger partial charge >= 0.3 is 0 Å². The highest BCUT2D eigenvalue weighted by Gasteiger charge is 2.05. The number of hydrogen-bond acceptors (Lipinski definition) is 2. The van der Waals surface area contributed by atoms with Crippen LogP contribution >= 0.6 is 0 Å². The summed E-state index contributed by atoms with van der Waals surface area (Å²) >= 11 is 0. The summed E-state index contributed by atoms with van der Waals surface area (Å²) in [6, 6.07) is 0. The molecule has 0 aliphatic heterocycles. The van der Waals surface area contributed by atoms with Gasteiger partial charge in [-0.1, -0.05) is 149 Å². The fraction of sp³-hybridized carbons (Fsp3) is 0.968. The first-order valence-corrected chi connectivity index (χ1v) is 15.4. The molecule has 0 radical (unpaired) electrons. The minimum absolute atomic E-state index is 0.123. The van der Waals surface area contributed by atoms with Crippen LogP contribution in [0.1, 0.15) is 187 Å². The van der Waals surface area contributed by atoms with Crippen LogP contribution in [0.3, 0.4) is 0 Å². The molecule has 0 amide bonds. The van der Waals surface area contributed by atoms with Crippen LogP contribution < -0.4 is 0 Å². The van der Waals surface area contributed by atoms with Gasteiger partial charge in [0.25, 0.3) is 0 Å². The lowest BCUT2D eigenvalue weighted by atomic mass is 10.0. The zero-order chi connectivity index (χ0) is 24.2. The van der Waals surface area contributed by atoms with Gasteiger partial charge in [-0.25, -0.2) is 0 Å². The molecule has 0 aromatic heterocycles. The molecular formula is C31H62O2. The number of aliphatic hydroxyl groups is 1. The molecule has 1 N–H and O–H groups in total. The van der Waals surface area contributed by atoms with Crippen molar-refractivity contribution in [3.8, 4) is 0 Å². The first-order valence-electron chi connectivity index (χ1n) is 15.4. The van der Waals surface area contributed by atoms with Crippen molar-refractivity contribution in [3.63, 3.8) is 0 Å². The molecule has 0 saturated heterocycles. The lowest BCUT2D eigenvalue weighted by Crippen LogP contribution is -2.06. The summed E-state index contributed by atoms with van der Waals surface area (Å²) < 4.78 is 0. The van der Waals surface area contributed by atoms with Gasteiger partial charge in [0, 0.05) is 12.8 Å². The summed E-state index contributed by atoms with van der Waals surface area (Å²) in [6.07, 6.45) is 33.3. The van der Waals surface area contributed by atoms with E-state index < -0.39 is 0 Å². The number of ketones is 1. The molecule has 1 unspecified atom stereocenters.